The second-order valence-corrected chi connectivity index (χ2v) is 8.24. The predicted octanol–water partition coefficient (Wildman–Crippen LogP) is 3.90. The zero-order valence-corrected chi connectivity index (χ0v) is 16.9. The Balaban J connectivity index is 1.43. The number of anilines is 2. The molecule has 3 aromatic heterocycles. The Labute approximate surface area is 169 Å². The van der Waals surface area contributed by atoms with E-state index in [1.165, 1.54) is 23.1 Å². The SMILES string of the molecule is COc1ccc(Nc2nnc(SCc3cc(=O)n4cc(C)ccc4n3)s2)cc1. The van der Waals surface area contributed by atoms with Crippen LogP contribution in [0.5, 0.6) is 5.75 Å². The van der Waals surface area contributed by atoms with Crippen LogP contribution < -0.4 is 15.6 Å². The minimum absolute atomic E-state index is 0.0802. The lowest BCUT2D eigenvalue weighted by Crippen LogP contribution is -2.15. The molecule has 0 spiro atoms. The smallest absolute Gasteiger partial charge is 0.258 e. The van der Waals surface area contributed by atoms with Crippen LogP contribution in [0.4, 0.5) is 10.8 Å². The molecule has 1 N–H and O–H groups in total. The first-order valence-corrected chi connectivity index (χ1v) is 10.3. The maximum absolute atomic E-state index is 12.3. The Bertz CT molecular complexity index is 1170. The average molecular weight is 412 g/mol. The van der Waals surface area contributed by atoms with Crippen molar-refractivity contribution in [1.82, 2.24) is 19.6 Å². The van der Waals surface area contributed by atoms with Gasteiger partial charge in [0.2, 0.25) is 5.13 Å². The van der Waals surface area contributed by atoms with Gasteiger partial charge < -0.3 is 10.1 Å². The van der Waals surface area contributed by atoms with Crippen molar-refractivity contribution in [1.29, 1.82) is 0 Å². The molecule has 0 radical (unpaired) electrons. The van der Waals surface area contributed by atoms with Gasteiger partial charge in [0.05, 0.1) is 12.8 Å². The molecule has 0 fully saturated rings. The van der Waals surface area contributed by atoms with Crippen LogP contribution in [0.1, 0.15) is 11.3 Å². The fourth-order valence-electron chi connectivity index (χ4n) is 2.58. The van der Waals surface area contributed by atoms with Crippen LogP contribution in [0.3, 0.4) is 0 Å². The number of methoxy groups -OCH3 is 1. The second kappa shape index (κ2) is 7.99. The molecule has 7 nitrogen and oxygen atoms in total. The van der Waals surface area contributed by atoms with E-state index >= 15 is 0 Å². The molecule has 142 valence electrons. The number of hydrogen-bond acceptors (Lipinski definition) is 8. The van der Waals surface area contributed by atoms with Crippen LogP contribution in [0, 0.1) is 6.92 Å². The summed E-state index contributed by atoms with van der Waals surface area (Å²) in [6, 6.07) is 13.0. The number of nitrogens with zero attached hydrogens (tertiary/aromatic N) is 4. The monoisotopic (exact) mass is 411 g/mol. The number of rotatable bonds is 6. The van der Waals surface area contributed by atoms with Gasteiger partial charge in [0.1, 0.15) is 11.4 Å². The van der Waals surface area contributed by atoms with Crippen LogP contribution >= 0.6 is 23.1 Å². The first kappa shape index (κ1) is 18.5. The number of aromatic nitrogens is 4. The van der Waals surface area contributed by atoms with Gasteiger partial charge in [0.15, 0.2) is 4.34 Å². The summed E-state index contributed by atoms with van der Waals surface area (Å²) < 4.78 is 7.52. The van der Waals surface area contributed by atoms with Crippen LogP contribution in [0.2, 0.25) is 0 Å². The van der Waals surface area contributed by atoms with Gasteiger partial charge in [-0.25, -0.2) is 4.98 Å². The maximum atomic E-state index is 12.3. The molecule has 0 saturated heterocycles. The number of benzene rings is 1. The summed E-state index contributed by atoms with van der Waals surface area (Å²) >= 11 is 2.96. The zero-order valence-electron chi connectivity index (χ0n) is 15.2. The number of pyridine rings is 1. The molecule has 3 heterocycles. The Morgan fingerprint density at radius 3 is 2.79 bits per heavy atom. The molecule has 0 atom stereocenters. The standard InChI is InChI=1S/C19H17N5O2S2/c1-12-3-8-16-20-14(9-17(25)24(16)10-12)11-27-19-23-22-18(28-19)21-13-4-6-15(26-2)7-5-13/h3-10H,11H2,1-2H3,(H,21,22). The minimum Gasteiger partial charge on any atom is -0.497 e. The van der Waals surface area contributed by atoms with Gasteiger partial charge in [-0.3, -0.25) is 9.20 Å². The largest absolute Gasteiger partial charge is 0.497 e. The lowest BCUT2D eigenvalue weighted by atomic mass is 10.3. The third kappa shape index (κ3) is 4.15. The van der Waals surface area contributed by atoms with Crippen LogP contribution in [0.25, 0.3) is 5.65 Å². The molecular formula is C19H17N5O2S2. The number of fused-ring (bicyclic) bond motifs is 1. The molecule has 9 heteroatoms. The Morgan fingerprint density at radius 1 is 1.18 bits per heavy atom. The lowest BCUT2D eigenvalue weighted by molar-refractivity contribution is 0.415. The topological polar surface area (TPSA) is 81.4 Å². The van der Waals surface area contributed by atoms with Gasteiger partial charge in [-0.2, -0.15) is 0 Å². The average Bonchev–Trinajstić information content (AvgIpc) is 3.15. The highest BCUT2D eigenvalue weighted by atomic mass is 32.2. The van der Waals surface area contributed by atoms with E-state index in [1.54, 1.807) is 23.8 Å². The molecule has 0 aliphatic carbocycles. The molecule has 0 bridgehead atoms. The molecule has 4 rings (SSSR count). The number of thioether (sulfide) groups is 1. The van der Waals surface area contributed by atoms with Crippen molar-refractivity contribution >= 4 is 39.6 Å². The van der Waals surface area contributed by atoms with Crippen molar-refractivity contribution in [3.05, 3.63) is 70.3 Å². The van der Waals surface area contributed by atoms with Crippen molar-refractivity contribution in [2.45, 2.75) is 17.0 Å². The Hall–Kier alpha value is -2.91. The fraction of sp³-hybridized carbons (Fsp3) is 0.158. The van der Waals surface area contributed by atoms with E-state index in [0.717, 1.165) is 27.0 Å². The summed E-state index contributed by atoms with van der Waals surface area (Å²) in [6.07, 6.45) is 1.80. The number of hydrogen-bond donors (Lipinski definition) is 1. The molecular weight excluding hydrogens is 394 g/mol. The molecule has 4 aromatic rings. The van der Waals surface area contributed by atoms with Gasteiger partial charge in [-0.1, -0.05) is 29.2 Å². The van der Waals surface area contributed by atoms with Crippen LogP contribution in [-0.2, 0) is 5.75 Å². The summed E-state index contributed by atoms with van der Waals surface area (Å²) in [6.45, 7) is 1.95. The first-order chi connectivity index (χ1) is 13.6. The van der Waals surface area contributed by atoms with Gasteiger partial charge in [0, 0.05) is 23.7 Å². The quantitative estimate of drug-likeness (QED) is 0.482. The van der Waals surface area contributed by atoms with Crippen molar-refractivity contribution in [2.75, 3.05) is 12.4 Å². The third-order valence-electron chi connectivity index (χ3n) is 3.95. The van der Waals surface area contributed by atoms with Gasteiger partial charge >= 0.3 is 0 Å². The van der Waals surface area contributed by atoms with Crippen molar-refractivity contribution in [3.63, 3.8) is 0 Å². The summed E-state index contributed by atoms with van der Waals surface area (Å²) in [5, 5.41) is 12.3. The zero-order chi connectivity index (χ0) is 19.5. The van der Waals surface area contributed by atoms with E-state index in [4.69, 9.17) is 4.74 Å². The Kier molecular flexibility index (Phi) is 5.27. The summed E-state index contributed by atoms with van der Waals surface area (Å²) in [7, 11) is 1.64. The van der Waals surface area contributed by atoms with Crippen molar-refractivity contribution in [2.24, 2.45) is 0 Å². The summed E-state index contributed by atoms with van der Waals surface area (Å²) in [5.74, 6) is 1.35. The molecule has 0 amide bonds. The van der Waals surface area contributed by atoms with E-state index in [9.17, 15) is 4.79 Å². The minimum atomic E-state index is -0.0802. The normalized spacial score (nSPS) is 10.9. The fourth-order valence-corrected chi connectivity index (χ4v) is 4.25. The molecule has 1 aromatic carbocycles. The van der Waals surface area contributed by atoms with Gasteiger partial charge in [0.25, 0.3) is 5.56 Å². The number of aryl methyl sites for hydroxylation is 1. The first-order valence-electron chi connectivity index (χ1n) is 8.47. The van der Waals surface area contributed by atoms with Crippen molar-refractivity contribution < 1.29 is 4.74 Å². The van der Waals surface area contributed by atoms with E-state index < -0.39 is 0 Å². The molecule has 28 heavy (non-hydrogen) atoms. The highest BCUT2D eigenvalue weighted by molar-refractivity contribution is 8.00. The molecule has 0 saturated carbocycles. The molecule has 0 unspecified atom stereocenters. The maximum Gasteiger partial charge on any atom is 0.258 e. The van der Waals surface area contributed by atoms with E-state index in [2.05, 4.69) is 20.5 Å². The van der Waals surface area contributed by atoms with Crippen LogP contribution in [-0.4, -0.2) is 26.7 Å². The van der Waals surface area contributed by atoms with E-state index in [-0.39, 0.29) is 5.56 Å². The number of ether oxygens (including phenoxy) is 1. The molecule has 0 aliphatic rings. The highest BCUT2D eigenvalue weighted by Crippen LogP contribution is 2.29. The van der Waals surface area contributed by atoms with E-state index in [0.29, 0.717) is 16.5 Å². The summed E-state index contributed by atoms with van der Waals surface area (Å²) in [4.78, 5) is 16.8. The Morgan fingerprint density at radius 2 is 2.00 bits per heavy atom. The highest BCUT2D eigenvalue weighted by Gasteiger charge is 2.08. The third-order valence-corrected chi connectivity index (χ3v) is 5.96. The van der Waals surface area contributed by atoms with Crippen LogP contribution in [0.15, 0.2) is 57.8 Å². The van der Waals surface area contributed by atoms with Gasteiger partial charge in [-0.15, -0.1) is 10.2 Å². The summed E-state index contributed by atoms with van der Waals surface area (Å²) in [5.41, 5.74) is 3.22. The lowest BCUT2D eigenvalue weighted by Gasteiger charge is -2.04. The van der Waals surface area contributed by atoms with Gasteiger partial charge in [-0.05, 0) is 42.8 Å². The van der Waals surface area contributed by atoms with Crippen molar-refractivity contribution in [3.8, 4) is 5.75 Å². The molecule has 0 aliphatic heterocycles. The number of nitrogens with one attached hydrogen (secondary N) is 1. The van der Waals surface area contributed by atoms with E-state index in [1.807, 2.05) is 43.3 Å². The second-order valence-electron chi connectivity index (χ2n) is 6.04. The predicted molar refractivity (Wildman–Crippen MR) is 112 cm³/mol.